The van der Waals surface area contributed by atoms with E-state index < -0.39 is 0 Å². The van der Waals surface area contributed by atoms with Crippen LogP contribution in [0.25, 0.3) is 0 Å². The number of ketones is 2. The van der Waals surface area contributed by atoms with Crippen LogP contribution >= 0.6 is 23.5 Å². The Morgan fingerprint density at radius 3 is 1.44 bits per heavy atom. The number of hydrogen-bond acceptors (Lipinski definition) is 4. The molecule has 4 rings (SSSR count). The Bertz CT molecular complexity index is 868. The second kappa shape index (κ2) is 15.6. The maximum absolute atomic E-state index is 11.5. The number of thioether (sulfide) groups is 2. The van der Waals surface area contributed by atoms with Crippen LogP contribution in [0.3, 0.4) is 0 Å². The minimum Gasteiger partial charge on any atom is -0.300 e. The smallest absolute Gasteiger partial charge is 0.134 e. The van der Waals surface area contributed by atoms with Gasteiger partial charge in [0.05, 0.1) is 4.75 Å². The summed E-state index contributed by atoms with van der Waals surface area (Å²) in [6, 6.07) is 31.7. The number of hydrogen-bond donors (Lipinski definition) is 0. The molecule has 0 amide bonds. The zero-order valence-electron chi connectivity index (χ0n) is 20.5. The predicted octanol–water partition coefficient (Wildman–Crippen LogP) is 7.80. The fourth-order valence-corrected chi connectivity index (χ4v) is 6.27. The van der Waals surface area contributed by atoms with Gasteiger partial charge < -0.3 is 0 Å². The molecule has 1 aliphatic rings. The number of rotatable bonds is 7. The molecule has 3 aromatic carbocycles. The van der Waals surface area contributed by atoms with Gasteiger partial charge in [-0.1, -0.05) is 105 Å². The molecule has 0 N–H and O–H groups in total. The summed E-state index contributed by atoms with van der Waals surface area (Å²) in [5.41, 5.74) is 3.71. The summed E-state index contributed by atoms with van der Waals surface area (Å²) in [5, 5.41) is 0. The first-order valence-corrected chi connectivity index (χ1v) is 14.2. The second-order valence-corrected chi connectivity index (χ2v) is 10.3. The van der Waals surface area contributed by atoms with E-state index >= 15 is 0 Å². The third kappa shape index (κ3) is 8.18. The zero-order chi connectivity index (χ0) is 24.7. The molecule has 0 aliphatic carbocycles. The lowest BCUT2D eigenvalue weighted by atomic mass is 9.84. The lowest BCUT2D eigenvalue weighted by molar-refractivity contribution is -0.118. The van der Waals surface area contributed by atoms with Crippen LogP contribution in [-0.2, 0) is 14.3 Å². The topological polar surface area (TPSA) is 34.1 Å². The summed E-state index contributed by atoms with van der Waals surface area (Å²) in [5.74, 6) is 3.57. The molecule has 0 unspecified atom stereocenters. The van der Waals surface area contributed by atoms with Gasteiger partial charge in [-0.05, 0) is 23.6 Å². The number of benzene rings is 3. The SMILES string of the molecule is CC.CC(=O)CCSC(c1ccccc1)(c1ccccc1)c1ccccc1.O=C1CCSCC1. The highest BCUT2D eigenvalue weighted by molar-refractivity contribution is 8.00. The molecular weight excluding hydrogens is 456 g/mol. The normalized spacial score (nSPS) is 13.1. The van der Waals surface area contributed by atoms with Crippen molar-refractivity contribution in [2.45, 2.75) is 44.8 Å². The Balaban J connectivity index is 0.000000384. The van der Waals surface area contributed by atoms with Crippen molar-refractivity contribution in [1.29, 1.82) is 0 Å². The van der Waals surface area contributed by atoms with Gasteiger partial charge in [0.15, 0.2) is 0 Å². The molecule has 0 atom stereocenters. The lowest BCUT2D eigenvalue weighted by Gasteiger charge is -2.35. The first-order chi connectivity index (χ1) is 16.6. The van der Waals surface area contributed by atoms with E-state index in [-0.39, 0.29) is 10.5 Å². The molecule has 34 heavy (non-hydrogen) atoms. The molecule has 3 aromatic rings. The molecule has 0 bridgehead atoms. The molecule has 1 fully saturated rings. The quantitative estimate of drug-likeness (QED) is 0.315. The molecule has 180 valence electrons. The van der Waals surface area contributed by atoms with Gasteiger partial charge >= 0.3 is 0 Å². The van der Waals surface area contributed by atoms with Crippen LogP contribution in [0.15, 0.2) is 91.0 Å². The minimum absolute atomic E-state index is 0.232. The van der Waals surface area contributed by atoms with Gasteiger partial charge in [-0.2, -0.15) is 11.8 Å². The molecule has 0 aromatic heterocycles. The van der Waals surface area contributed by atoms with Crippen molar-refractivity contribution in [2.75, 3.05) is 17.3 Å². The van der Waals surface area contributed by atoms with Crippen molar-refractivity contribution in [1.82, 2.24) is 0 Å². The fourth-order valence-electron chi connectivity index (χ4n) is 3.72. The van der Waals surface area contributed by atoms with Gasteiger partial charge in [0, 0.05) is 36.5 Å². The average Bonchev–Trinajstić information content (AvgIpc) is 2.90. The minimum atomic E-state index is -0.320. The Morgan fingerprint density at radius 2 is 1.15 bits per heavy atom. The third-order valence-electron chi connectivity index (χ3n) is 5.36. The van der Waals surface area contributed by atoms with Gasteiger partial charge in [0.25, 0.3) is 0 Å². The van der Waals surface area contributed by atoms with E-state index in [0.29, 0.717) is 12.2 Å². The van der Waals surface area contributed by atoms with Crippen molar-refractivity contribution in [3.63, 3.8) is 0 Å². The van der Waals surface area contributed by atoms with Crippen LogP contribution in [-0.4, -0.2) is 28.8 Å². The summed E-state index contributed by atoms with van der Waals surface area (Å²) in [7, 11) is 0. The highest BCUT2D eigenvalue weighted by atomic mass is 32.2. The maximum atomic E-state index is 11.5. The Morgan fingerprint density at radius 1 is 0.765 bits per heavy atom. The Kier molecular flexibility index (Phi) is 12.8. The average molecular weight is 493 g/mol. The molecule has 4 heteroatoms. The van der Waals surface area contributed by atoms with Crippen molar-refractivity contribution in [3.05, 3.63) is 108 Å². The van der Waals surface area contributed by atoms with Crippen LogP contribution in [0.4, 0.5) is 0 Å². The van der Waals surface area contributed by atoms with E-state index in [4.69, 9.17) is 0 Å². The summed E-state index contributed by atoms with van der Waals surface area (Å²) in [6.45, 7) is 5.66. The molecule has 2 nitrogen and oxygen atoms in total. The molecule has 0 saturated carbocycles. The first-order valence-electron chi connectivity index (χ1n) is 12.0. The molecule has 0 spiro atoms. The number of Topliss-reactive ketones (excluding diaryl/α,β-unsaturated/α-hetero) is 2. The second-order valence-electron chi connectivity index (χ2n) is 7.73. The zero-order valence-corrected chi connectivity index (χ0v) is 22.2. The van der Waals surface area contributed by atoms with E-state index in [1.54, 1.807) is 6.92 Å². The highest BCUT2D eigenvalue weighted by Crippen LogP contribution is 2.48. The van der Waals surface area contributed by atoms with E-state index in [1.165, 1.54) is 16.7 Å². The van der Waals surface area contributed by atoms with Crippen LogP contribution < -0.4 is 0 Å². The Hall–Kier alpha value is -2.30. The molecule has 1 aliphatic heterocycles. The number of carbonyl (C=O) groups is 2. The molecular formula is C30H36O2S2. The molecule has 1 heterocycles. The molecule has 1 saturated heterocycles. The van der Waals surface area contributed by atoms with Gasteiger partial charge in [0.1, 0.15) is 11.6 Å². The van der Waals surface area contributed by atoms with E-state index in [0.717, 1.165) is 30.1 Å². The predicted molar refractivity (Wildman–Crippen MR) is 150 cm³/mol. The van der Waals surface area contributed by atoms with E-state index in [1.807, 2.05) is 55.6 Å². The fraction of sp³-hybridized carbons (Fsp3) is 0.333. The summed E-state index contributed by atoms with van der Waals surface area (Å²) < 4.78 is -0.320. The molecule has 0 radical (unpaired) electrons. The third-order valence-corrected chi connectivity index (χ3v) is 7.90. The van der Waals surface area contributed by atoms with Gasteiger partial charge in [0.2, 0.25) is 0 Å². The van der Waals surface area contributed by atoms with Crippen LogP contribution in [0.2, 0.25) is 0 Å². The van der Waals surface area contributed by atoms with Crippen molar-refractivity contribution < 1.29 is 9.59 Å². The van der Waals surface area contributed by atoms with Gasteiger partial charge in [-0.15, -0.1) is 11.8 Å². The summed E-state index contributed by atoms with van der Waals surface area (Å²) in [4.78, 5) is 22.0. The van der Waals surface area contributed by atoms with E-state index in [9.17, 15) is 9.59 Å². The number of carbonyl (C=O) groups excluding carboxylic acids is 2. The van der Waals surface area contributed by atoms with Gasteiger partial charge in [-0.3, -0.25) is 9.59 Å². The van der Waals surface area contributed by atoms with Crippen LogP contribution in [0.1, 0.15) is 56.7 Å². The lowest BCUT2D eigenvalue weighted by Crippen LogP contribution is -2.26. The van der Waals surface area contributed by atoms with Crippen LogP contribution in [0.5, 0.6) is 0 Å². The summed E-state index contributed by atoms with van der Waals surface area (Å²) >= 11 is 3.71. The van der Waals surface area contributed by atoms with Gasteiger partial charge in [-0.25, -0.2) is 0 Å². The largest absolute Gasteiger partial charge is 0.300 e. The highest BCUT2D eigenvalue weighted by Gasteiger charge is 2.36. The van der Waals surface area contributed by atoms with Crippen molar-refractivity contribution in [2.24, 2.45) is 0 Å². The Labute approximate surface area is 213 Å². The first kappa shape index (κ1) is 27.9. The van der Waals surface area contributed by atoms with E-state index in [2.05, 4.69) is 72.8 Å². The standard InChI is InChI=1S/C23H22OS.C5H8OS.C2H6/c1-19(24)17-18-25-23(20-11-5-2-6-12-20,21-13-7-3-8-14-21)22-15-9-4-10-16-22;6-5-1-3-7-4-2-5;1-2/h2-16H,17-18H2,1H3;1-4H2;1-2H3. The van der Waals surface area contributed by atoms with Crippen molar-refractivity contribution in [3.8, 4) is 0 Å². The maximum Gasteiger partial charge on any atom is 0.134 e. The summed E-state index contributed by atoms with van der Waals surface area (Å²) in [6.07, 6.45) is 2.20. The monoisotopic (exact) mass is 492 g/mol. The van der Waals surface area contributed by atoms with Crippen molar-refractivity contribution >= 4 is 35.1 Å². The van der Waals surface area contributed by atoms with Crippen LogP contribution in [0, 0.1) is 0 Å².